The molecule has 0 aromatic heterocycles. The Hall–Kier alpha value is -2.16. The van der Waals surface area contributed by atoms with Gasteiger partial charge in [0.2, 0.25) is 0 Å². The summed E-state index contributed by atoms with van der Waals surface area (Å²) in [7, 11) is 0. The van der Waals surface area contributed by atoms with Crippen molar-refractivity contribution in [3.63, 3.8) is 0 Å². The Morgan fingerprint density at radius 1 is 0.700 bits per heavy atom. The summed E-state index contributed by atoms with van der Waals surface area (Å²) >= 11 is 0. The van der Waals surface area contributed by atoms with Gasteiger partial charge in [-0.3, -0.25) is 0 Å². The first-order valence-electron chi connectivity index (χ1n) is 6.64. The lowest BCUT2D eigenvalue weighted by Crippen LogP contribution is -1.91. The molecule has 20 heavy (non-hydrogen) atoms. The average molecular weight is 264 g/mol. The van der Waals surface area contributed by atoms with E-state index < -0.39 is 0 Å². The minimum Gasteiger partial charge on any atom is -0.392 e. The third-order valence-corrected chi connectivity index (χ3v) is 3.52. The molecular weight excluding hydrogens is 248 g/mol. The van der Waals surface area contributed by atoms with Crippen LogP contribution in [0.4, 0.5) is 0 Å². The van der Waals surface area contributed by atoms with E-state index in [4.69, 9.17) is 0 Å². The fraction of sp³-hybridized carbons (Fsp3) is 0.111. The summed E-state index contributed by atoms with van der Waals surface area (Å²) in [4.78, 5) is 0. The van der Waals surface area contributed by atoms with Gasteiger partial charge in [0.1, 0.15) is 0 Å². The van der Waals surface area contributed by atoms with Crippen molar-refractivity contribution in [2.45, 2.75) is 13.2 Å². The van der Waals surface area contributed by atoms with Crippen LogP contribution in [0.25, 0.3) is 21.9 Å². The third kappa shape index (κ3) is 2.31. The second-order valence-electron chi connectivity index (χ2n) is 4.88. The van der Waals surface area contributed by atoms with E-state index in [9.17, 15) is 10.2 Å². The zero-order chi connectivity index (χ0) is 13.9. The number of hydrogen-bond donors (Lipinski definition) is 2. The van der Waals surface area contributed by atoms with Crippen LogP contribution in [0, 0.1) is 0 Å². The molecule has 0 amide bonds. The second kappa shape index (κ2) is 5.45. The lowest BCUT2D eigenvalue weighted by atomic mass is 9.95. The van der Waals surface area contributed by atoms with Crippen LogP contribution in [-0.4, -0.2) is 10.2 Å². The largest absolute Gasteiger partial charge is 0.392 e. The predicted molar refractivity (Wildman–Crippen MR) is 81.2 cm³/mol. The predicted octanol–water partition coefficient (Wildman–Crippen LogP) is 3.49. The summed E-state index contributed by atoms with van der Waals surface area (Å²) < 4.78 is 0. The topological polar surface area (TPSA) is 40.5 Å². The minimum atomic E-state index is -0.0222. The lowest BCUT2D eigenvalue weighted by Gasteiger charge is -2.10. The maximum atomic E-state index is 9.36. The molecule has 0 heterocycles. The molecule has 100 valence electrons. The van der Waals surface area contributed by atoms with Crippen molar-refractivity contribution in [2.75, 3.05) is 0 Å². The van der Waals surface area contributed by atoms with Crippen LogP contribution in [-0.2, 0) is 13.2 Å². The zero-order valence-corrected chi connectivity index (χ0v) is 11.1. The van der Waals surface area contributed by atoms with Gasteiger partial charge in [-0.2, -0.15) is 0 Å². The fourth-order valence-electron chi connectivity index (χ4n) is 2.58. The SMILES string of the molecule is OCc1cc(CO)cc(-c2cccc3ccccc23)c1. The first-order valence-corrected chi connectivity index (χ1v) is 6.64. The van der Waals surface area contributed by atoms with Crippen molar-refractivity contribution >= 4 is 10.8 Å². The molecule has 3 aromatic carbocycles. The second-order valence-corrected chi connectivity index (χ2v) is 4.88. The van der Waals surface area contributed by atoms with Crippen LogP contribution < -0.4 is 0 Å². The fourth-order valence-corrected chi connectivity index (χ4v) is 2.58. The molecule has 0 aliphatic rings. The summed E-state index contributed by atoms with van der Waals surface area (Å²) in [5, 5.41) is 21.1. The van der Waals surface area contributed by atoms with E-state index in [0.29, 0.717) is 0 Å². The van der Waals surface area contributed by atoms with E-state index in [1.165, 1.54) is 10.8 Å². The van der Waals surface area contributed by atoms with Crippen molar-refractivity contribution in [2.24, 2.45) is 0 Å². The number of aliphatic hydroxyl groups is 2. The Kier molecular flexibility index (Phi) is 3.50. The van der Waals surface area contributed by atoms with E-state index in [0.717, 1.165) is 22.3 Å². The standard InChI is InChI=1S/C18H16O2/c19-11-13-8-14(12-20)10-16(9-13)18-7-3-5-15-4-1-2-6-17(15)18/h1-10,19-20H,11-12H2. The summed E-state index contributed by atoms with van der Waals surface area (Å²) in [6, 6.07) is 20.2. The highest BCUT2D eigenvalue weighted by Crippen LogP contribution is 2.30. The van der Waals surface area contributed by atoms with Crippen molar-refractivity contribution in [1.82, 2.24) is 0 Å². The number of hydrogen-bond acceptors (Lipinski definition) is 2. The van der Waals surface area contributed by atoms with Gasteiger partial charge in [-0.15, -0.1) is 0 Å². The molecule has 0 saturated heterocycles. The van der Waals surface area contributed by atoms with E-state index in [1.807, 2.05) is 36.4 Å². The number of fused-ring (bicyclic) bond motifs is 1. The normalized spacial score (nSPS) is 10.9. The smallest absolute Gasteiger partial charge is 0.0682 e. The van der Waals surface area contributed by atoms with Gasteiger partial charge in [0.15, 0.2) is 0 Å². The number of rotatable bonds is 3. The van der Waals surface area contributed by atoms with Gasteiger partial charge in [-0.1, -0.05) is 48.5 Å². The van der Waals surface area contributed by atoms with Crippen LogP contribution in [0.1, 0.15) is 11.1 Å². The van der Waals surface area contributed by atoms with Crippen molar-refractivity contribution in [3.05, 3.63) is 71.8 Å². The van der Waals surface area contributed by atoms with Crippen molar-refractivity contribution in [3.8, 4) is 11.1 Å². The monoisotopic (exact) mass is 264 g/mol. The lowest BCUT2D eigenvalue weighted by molar-refractivity contribution is 0.275. The molecule has 0 bridgehead atoms. The zero-order valence-electron chi connectivity index (χ0n) is 11.1. The molecule has 2 N–H and O–H groups in total. The average Bonchev–Trinajstić information content (AvgIpc) is 2.53. The Morgan fingerprint density at radius 3 is 2.05 bits per heavy atom. The van der Waals surface area contributed by atoms with E-state index in [2.05, 4.69) is 24.3 Å². The van der Waals surface area contributed by atoms with Crippen LogP contribution in [0.3, 0.4) is 0 Å². The number of benzene rings is 3. The Labute approximate surface area is 117 Å². The van der Waals surface area contributed by atoms with Gasteiger partial charge in [0, 0.05) is 0 Å². The highest BCUT2D eigenvalue weighted by molar-refractivity contribution is 5.96. The summed E-state index contributed by atoms with van der Waals surface area (Å²) in [5.74, 6) is 0. The molecule has 2 nitrogen and oxygen atoms in total. The van der Waals surface area contributed by atoms with Crippen LogP contribution in [0.15, 0.2) is 60.7 Å². The van der Waals surface area contributed by atoms with E-state index in [-0.39, 0.29) is 13.2 Å². The van der Waals surface area contributed by atoms with Gasteiger partial charge in [0.25, 0.3) is 0 Å². The molecule has 0 atom stereocenters. The Balaban J connectivity index is 2.25. The highest BCUT2D eigenvalue weighted by Gasteiger charge is 2.06. The van der Waals surface area contributed by atoms with Gasteiger partial charge in [0.05, 0.1) is 13.2 Å². The van der Waals surface area contributed by atoms with Gasteiger partial charge in [-0.25, -0.2) is 0 Å². The Morgan fingerprint density at radius 2 is 1.35 bits per heavy atom. The molecule has 3 aromatic rings. The van der Waals surface area contributed by atoms with Crippen LogP contribution >= 0.6 is 0 Å². The Bertz CT molecular complexity index is 720. The molecular formula is C18H16O2. The molecule has 0 fully saturated rings. The maximum absolute atomic E-state index is 9.36. The molecule has 0 saturated carbocycles. The minimum absolute atomic E-state index is 0.0222. The molecule has 0 aliphatic heterocycles. The van der Waals surface area contributed by atoms with Gasteiger partial charge >= 0.3 is 0 Å². The molecule has 0 aliphatic carbocycles. The molecule has 0 radical (unpaired) electrons. The van der Waals surface area contributed by atoms with Crippen molar-refractivity contribution < 1.29 is 10.2 Å². The van der Waals surface area contributed by atoms with Crippen LogP contribution in [0.2, 0.25) is 0 Å². The first-order chi connectivity index (χ1) is 9.81. The highest BCUT2D eigenvalue weighted by atomic mass is 16.3. The van der Waals surface area contributed by atoms with Gasteiger partial charge < -0.3 is 10.2 Å². The summed E-state index contributed by atoms with van der Waals surface area (Å²) in [6.45, 7) is -0.0444. The molecule has 0 spiro atoms. The molecule has 0 unspecified atom stereocenters. The van der Waals surface area contributed by atoms with Crippen molar-refractivity contribution in [1.29, 1.82) is 0 Å². The van der Waals surface area contributed by atoms with E-state index >= 15 is 0 Å². The summed E-state index contributed by atoms with van der Waals surface area (Å²) in [6.07, 6.45) is 0. The summed E-state index contributed by atoms with van der Waals surface area (Å²) in [5.41, 5.74) is 3.78. The maximum Gasteiger partial charge on any atom is 0.0682 e. The van der Waals surface area contributed by atoms with Gasteiger partial charge in [-0.05, 0) is 45.2 Å². The van der Waals surface area contributed by atoms with E-state index in [1.54, 1.807) is 0 Å². The first kappa shape index (κ1) is 12.9. The molecule has 2 heteroatoms. The quantitative estimate of drug-likeness (QED) is 0.760. The third-order valence-electron chi connectivity index (χ3n) is 3.52. The van der Waals surface area contributed by atoms with Crippen LogP contribution in [0.5, 0.6) is 0 Å². The number of aliphatic hydroxyl groups excluding tert-OH is 2. The molecule has 3 rings (SSSR count).